The van der Waals surface area contributed by atoms with Gasteiger partial charge in [-0.1, -0.05) is 0 Å². The van der Waals surface area contributed by atoms with E-state index >= 15 is 0 Å². The van der Waals surface area contributed by atoms with Gasteiger partial charge in [0, 0.05) is 17.4 Å². The second-order valence-electron chi connectivity index (χ2n) is 4.45. The number of benzene rings is 1. The van der Waals surface area contributed by atoms with Crippen LogP contribution in [0.1, 0.15) is 23.8 Å². The monoisotopic (exact) mass is 247 g/mol. The van der Waals surface area contributed by atoms with Crippen LogP contribution in [-0.4, -0.2) is 6.61 Å². The van der Waals surface area contributed by atoms with Crippen molar-refractivity contribution in [2.24, 2.45) is 5.73 Å². The van der Waals surface area contributed by atoms with Crippen molar-refractivity contribution in [1.82, 2.24) is 0 Å². The van der Waals surface area contributed by atoms with E-state index in [0.29, 0.717) is 18.0 Å². The van der Waals surface area contributed by atoms with Crippen molar-refractivity contribution in [3.8, 4) is 0 Å². The normalized spacial score (nSPS) is 16.7. The van der Waals surface area contributed by atoms with Crippen LogP contribution in [0.4, 0.5) is 4.39 Å². The standard InChI is InChI=1S/C14H14FNO2/c1-8-10-7-9(15)4-5-11(10)18-14(8)13(16)12-3-2-6-17-12/h3-5,7,13H,2,6,16H2,1H3. The van der Waals surface area contributed by atoms with Gasteiger partial charge in [0.1, 0.15) is 29.0 Å². The molecule has 0 aliphatic carbocycles. The highest BCUT2D eigenvalue weighted by atomic mass is 19.1. The van der Waals surface area contributed by atoms with Crippen molar-refractivity contribution in [3.05, 3.63) is 47.2 Å². The van der Waals surface area contributed by atoms with E-state index in [0.717, 1.165) is 23.1 Å². The summed E-state index contributed by atoms with van der Waals surface area (Å²) in [7, 11) is 0. The molecular formula is C14H14FNO2. The largest absolute Gasteiger partial charge is 0.496 e. The van der Waals surface area contributed by atoms with Crippen LogP contribution >= 0.6 is 0 Å². The Kier molecular flexibility index (Phi) is 2.59. The van der Waals surface area contributed by atoms with E-state index in [1.54, 1.807) is 6.07 Å². The zero-order chi connectivity index (χ0) is 12.7. The average Bonchev–Trinajstić information content (AvgIpc) is 2.98. The van der Waals surface area contributed by atoms with Gasteiger partial charge in [0.25, 0.3) is 0 Å². The molecule has 3 nitrogen and oxygen atoms in total. The summed E-state index contributed by atoms with van der Waals surface area (Å²) in [5.41, 5.74) is 7.64. The topological polar surface area (TPSA) is 48.4 Å². The molecule has 4 heteroatoms. The zero-order valence-corrected chi connectivity index (χ0v) is 10.1. The Morgan fingerprint density at radius 2 is 2.22 bits per heavy atom. The van der Waals surface area contributed by atoms with Crippen LogP contribution in [0.25, 0.3) is 11.0 Å². The van der Waals surface area contributed by atoms with E-state index in [1.165, 1.54) is 12.1 Å². The van der Waals surface area contributed by atoms with Crippen molar-refractivity contribution in [2.75, 3.05) is 6.61 Å². The molecule has 3 rings (SSSR count). The average molecular weight is 247 g/mol. The summed E-state index contributed by atoms with van der Waals surface area (Å²) in [6, 6.07) is 4.06. The highest BCUT2D eigenvalue weighted by molar-refractivity contribution is 5.82. The lowest BCUT2D eigenvalue weighted by Crippen LogP contribution is -2.13. The minimum Gasteiger partial charge on any atom is -0.496 e. The molecule has 2 N–H and O–H groups in total. The van der Waals surface area contributed by atoms with Gasteiger partial charge in [-0.05, 0) is 31.2 Å². The predicted molar refractivity (Wildman–Crippen MR) is 66.5 cm³/mol. The van der Waals surface area contributed by atoms with E-state index in [4.69, 9.17) is 14.9 Å². The van der Waals surface area contributed by atoms with Gasteiger partial charge >= 0.3 is 0 Å². The number of nitrogens with two attached hydrogens (primary N) is 1. The van der Waals surface area contributed by atoms with Crippen molar-refractivity contribution < 1.29 is 13.5 Å². The van der Waals surface area contributed by atoms with Gasteiger partial charge in [-0.15, -0.1) is 0 Å². The second-order valence-corrected chi connectivity index (χ2v) is 4.45. The molecule has 1 atom stereocenters. The summed E-state index contributed by atoms with van der Waals surface area (Å²) in [4.78, 5) is 0. The first-order valence-corrected chi connectivity index (χ1v) is 5.94. The van der Waals surface area contributed by atoms with Crippen molar-refractivity contribution in [3.63, 3.8) is 0 Å². The van der Waals surface area contributed by atoms with E-state index in [9.17, 15) is 4.39 Å². The molecule has 18 heavy (non-hydrogen) atoms. The molecule has 2 aromatic rings. The highest BCUT2D eigenvalue weighted by Crippen LogP contribution is 2.33. The summed E-state index contributed by atoms with van der Waals surface area (Å²) < 4.78 is 24.4. The molecule has 0 radical (unpaired) electrons. The van der Waals surface area contributed by atoms with Crippen LogP contribution in [0, 0.1) is 12.7 Å². The molecule has 1 aromatic carbocycles. The Bertz CT molecular complexity index is 630. The Morgan fingerprint density at radius 3 is 2.94 bits per heavy atom. The summed E-state index contributed by atoms with van der Waals surface area (Å²) in [5, 5.41) is 0.763. The smallest absolute Gasteiger partial charge is 0.134 e. The van der Waals surface area contributed by atoms with Gasteiger partial charge in [0.15, 0.2) is 0 Å². The molecular weight excluding hydrogens is 233 g/mol. The molecule has 0 saturated carbocycles. The fourth-order valence-electron chi connectivity index (χ4n) is 2.29. The Morgan fingerprint density at radius 1 is 1.39 bits per heavy atom. The van der Waals surface area contributed by atoms with Gasteiger partial charge in [-0.25, -0.2) is 4.39 Å². The molecule has 0 fully saturated rings. The molecule has 1 aromatic heterocycles. The zero-order valence-electron chi connectivity index (χ0n) is 10.1. The molecule has 0 amide bonds. The molecule has 0 saturated heterocycles. The van der Waals surface area contributed by atoms with E-state index in [-0.39, 0.29) is 5.82 Å². The Hall–Kier alpha value is -1.81. The molecule has 0 bridgehead atoms. The number of hydrogen-bond donors (Lipinski definition) is 1. The molecule has 1 aliphatic heterocycles. The highest BCUT2D eigenvalue weighted by Gasteiger charge is 2.23. The predicted octanol–water partition coefficient (Wildman–Crippen LogP) is 3.18. The molecule has 2 heterocycles. The van der Waals surface area contributed by atoms with Crippen molar-refractivity contribution in [2.45, 2.75) is 19.4 Å². The molecule has 1 aliphatic rings. The maximum atomic E-state index is 13.2. The fraction of sp³-hybridized carbons (Fsp3) is 0.286. The second kappa shape index (κ2) is 4.14. The lowest BCUT2D eigenvalue weighted by molar-refractivity contribution is 0.219. The number of aryl methyl sites for hydroxylation is 1. The van der Waals surface area contributed by atoms with Crippen LogP contribution in [0.3, 0.4) is 0 Å². The number of furan rings is 1. The number of halogens is 1. The summed E-state index contributed by atoms with van der Waals surface area (Å²) in [6.45, 7) is 2.55. The number of rotatable bonds is 2. The Labute approximate surface area is 104 Å². The van der Waals surface area contributed by atoms with E-state index in [1.807, 2.05) is 13.0 Å². The lowest BCUT2D eigenvalue weighted by atomic mass is 10.1. The number of ether oxygens (including phenoxy) is 1. The van der Waals surface area contributed by atoms with Gasteiger partial charge in [-0.2, -0.15) is 0 Å². The minimum atomic E-state index is -0.414. The first-order chi connectivity index (χ1) is 8.66. The van der Waals surface area contributed by atoms with Crippen molar-refractivity contribution >= 4 is 11.0 Å². The summed E-state index contributed by atoms with van der Waals surface area (Å²) >= 11 is 0. The maximum absolute atomic E-state index is 13.2. The number of hydrogen-bond acceptors (Lipinski definition) is 3. The van der Waals surface area contributed by atoms with E-state index in [2.05, 4.69) is 0 Å². The maximum Gasteiger partial charge on any atom is 0.134 e. The molecule has 1 unspecified atom stereocenters. The SMILES string of the molecule is Cc1c(C(N)C2=CCCO2)oc2ccc(F)cc12. The fourth-order valence-corrected chi connectivity index (χ4v) is 2.29. The van der Waals surface area contributed by atoms with Crippen molar-refractivity contribution in [1.29, 1.82) is 0 Å². The third-order valence-electron chi connectivity index (χ3n) is 3.26. The van der Waals surface area contributed by atoms with Gasteiger partial charge in [0.05, 0.1) is 6.61 Å². The first kappa shape index (κ1) is 11.3. The third kappa shape index (κ3) is 1.69. The number of fused-ring (bicyclic) bond motifs is 1. The van der Waals surface area contributed by atoms with Crippen LogP contribution in [0.15, 0.2) is 34.5 Å². The molecule has 94 valence electrons. The minimum absolute atomic E-state index is 0.275. The van der Waals surface area contributed by atoms with Gasteiger partial charge in [0.2, 0.25) is 0 Å². The quantitative estimate of drug-likeness (QED) is 0.886. The Balaban J connectivity index is 2.09. The lowest BCUT2D eigenvalue weighted by Gasteiger charge is -2.11. The third-order valence-corrected chi connectivity index (χ3v) is 3.26. The van der Waals surface area contributed by atoms with Gasteiger partial charge in [-0.3, -0.25) is 0 Å². The summed E-state index contributed by atoms with van der Waals surface area (Å²) in [6.07, 6.45) is 2.84. The van der Waals surface area contributed by atoms with Gasteiger partial charge < -0.3 is 14.9 Å². The van der Waals surface area contributed by atoms with Crippen LogP contribution < -0.4 is 5.73 Å². The summed E-state index contributed by atoms with van der Waals surface area (Å²) in [5.74, 6) is 1.10. The van der Waals surface area contributed by atoms with E-state index < -0.39 is 6.04 Å². The van der Waals surface area contributed by atoms with Crippen LogP contribution in [0.2, 0.25) is 0 Å². The first-order valence-electron chi connectivity index (χ1n) is 5.94. The van der Waals surface area contributed by atoms with Crippen LogP contribution in [-0.2, 0) is 4.74 Å². The molecule has 0 spiro atoms. The van der Waals surface area contributed by atoms with Crippen LogP contribution in [0.5, 0.6) is 0 Å².